The van der Waals surface area contributed by atoms with Gasteiger partial charge in [0.1, 0.15) is 0 Å². The maximum atomic E-state index is 12.2. The molecule has 0 bridgehead atoms. The minimum absolute atomic E-state index is 0.475. The van der Waals surface area contributed by atoms with Gasteiger partial charge in [0.05, 0.1) is 6.54 Å². The Hall–Kier alpha value is -0.290. The second-order valence-corrected chi connectivity index (χ2v) is 4.84. The number of hydrogen-bond donors (Lipinski definition) is 1. The molecule has 1 aliphatic rings. The number of piperidine rings is 1. The largest absolute Gasteiger partial charge is 0.401 e. The van der Waals surface area contributed by atoms with Gasteiger partial charge in [0.15, 0.2) is 0 Å². The third kappa shape index (κ3) is 6.88. The zero-order valence-electron chi connectivity index (χ0n) is 10.5. The lowest BCUT2D eigenvalue weighted by Gasteiger charge is -2.25. The molecule has 0 aromatic carbocycles. The van der Waals surface area contributed by atoms with E-state index in [1.807, 2.05) is 0 Å². The molecule has 0 aromatic heterocycles. The molecule has 1 rings (SSSR count). The fourth-order valence-corrected chi connectivity index (χ4v) is 2.38. The van der Waals surface area contributed by atoms with E-state index in [1.165, 1.54) is 17.7 Å². The Morgan fingerprint density at radius 3 is 2.65 bits per heavy atom. The van der Waals surface area contributed by atoms with Crippen LogP contribution in [0, 0.1) is 5.92 Å². The number of rotatable bonds is 6. The number of hydrogen-bond acceptors (Lipinski definition) is 2. The van der Waals surface area contributed by atoms with Gasteiger partial charge < -0.3 is 5.32 Å². The predicted molar refractivity (Wildman–Crippen MR) is 63.0 cm³/mol. The third-order valence-electron chi connectivity index (χ3n) is 3.34. The molecule has 1 saturated heterocycles. The Morgan fingerprint density at radius 1 is 1.35 bits per heavy atom. The highest BCUT2D eigenvalue weighted by Gasteiger charge is 2.29. The van der Waals surface area contributed by atoms with E-state index in [9.17, 15) is 13.2 Å². The molecule has 1 aliphatic heterocycles. The van der Waals surface area contributed by atoms with Crippen LogP contribution in [0.5, 0.6) is 0 Å². The first-order chi connectivity index (χ1) is 8.01. The first-order valence-corrected chi connectivity index (χ1v) is 6.51. The summed E-state index contributed by atoms with van der Waals surface area (Å²) >= 11 is 0. The zero-order valence-corrected chi connectivity index (χ0v) is 10.5. The quantitative estimate of drug-likeness (QED) is 0.782. The van der Waals surface area contributed by atoms with Gasteiger partial charge in [-0.2, -0.15) is 13.2 Å². The van der Waals surface area contributed by atoms with Crippen molar-refractivity contribution in [2.75, 3.05) is 32.7 Å². The van der Waals surface area contributed by atoms with Gasteiger partial charge in [-0.05, 0) is 57.8 Å². The van der Waals surface area contributed by atoms with E-state index >= 15 is 0 Å². The van der Waals surface area contributed by atoms with Crippen LogP contribution in [0.4, 0.5) is 13.2 Å². The molecule has 1 unspecified atom stereocenters. The minimum Gasteiger partial charge on any atom is -0.316 e. The highest BCUT2D eigenvalue weighted by Crippen LogP contribution is 2.19. The first kappa shape index (κ1) is 14.8. The third-order valence-corrected chi connectivity index (χ3v) is 3.34. The van der Waals surface area contributed by atoms with Crippen LogP contribution in [-0.4, -0.2) is 43.8 Å². The molecule has 1 N–H and O–H groups in total. The van der Waals surface area contributed by atoms with Crippen molar-refractivity contribution < 1.29 is 13.2 Å². The smallest absolute Gasteiger partial charge is 0.316 e. The molecule has 1 atom stereocenters. The van der Waals surface area contributed by atoms with Crippen LogP contribution < -0.4 is 5.32 Å². The summed E-state index contributed by atoms with van der Waals surface area (Å²) in [5.74, 6) is 0.661. The van der Waals surface area contributed by atoms with Gasteiger partial charge in [-0.1, -0.05) is 6.92 Å². The van der Waals surface area contributed by atoms with Gasteiger partial charge in [0, 0.05) is 0 Å². The second kappa shape index (κ2) is 7.21. The fraction of sp³-hybridized carbons (Fsp3) is 1.00. The van der Waals surface area contributed by atoms with Crippen molar-refractivity contribution in [2.45, 2.75) is 38.8 Å². The number of halogens is 3. The average molecular weight is 252 g/mol. The summed E-state index contributed by atoms with van der Waals surface area (Å²) < 4.78 is 36.7. The van der Waals surface area contributed by atoms with E-state index in [4.69, 9.17) is 0 Å². The lowest BCUT2D eigenvalue weighted by Crippen LogP contribution is -2.35. The van der Waals surface area contributed by atoms with E-state index in [0.29, 0.717) is 19.0 Å². The van der Waals surface area contributed by atoms with Gasteiger partial charge in [-0.25, -0.2) is 0 Å². The molecule has 5 heteroatoms. The topological polar surface area (TPSA) is 15.3 Å². The van der Waals surface area contributed by atoms with Crippen LogP contribution in [0.25, 0.3) is 0 Å². The molecule has 2 nitrogen and oxygen atoms in total. The van der Waals surface area contributed by atoms with Gasteiger partial charge in [0.25, 0.3) is 0 Å². The normalized spacial score (nSPS) is 22.1. The fourth-order valence-electron chi connectivity index (χ4n) is 2.38. The lowest BCUT2D eigenvalue weighted by atomic mass is 9.95. The Bertz CT molecular complexity index is 200. The van der Waals surface area contributed by atoms with Crippen molar-refractivity contribution in [3.63, 3.8) is 0 Å². The number of alkyl halides is 3. The van der Waals surface area contributed by atoms with Crippen LogP contribution in [0.2, 0.25) is 0 Å². The monoisotopic (exact) mass is 252 g/mol. The molecule has 102 valence electrons. The van der Waals surface area contributed by atoms with E-state index < -0.39 is 12.7 Å². The molecule has 0 aliphatic carbocycles. The Labute approximate surface area is 102 Å². The maximum absolute atomic E-state index is 12.2. The summed E-state index contributed by atoms with van der Waals surface area (Å²) in [7, 11) is 0. The molecule has 0 aromatic rings. The van der Waals surface area contributed by atoms with Crippen molar-refractivity contribution in [3.8, 4) is 0 Å². The van der Waals surface area contributed by atoms with E-state index in [2.05, 4.69) is 5.32 Å². The van der Waals surface area contributed by atoms with E-state index in [1.54, 1.807) is 6.92 Å². The minimum atomic E-state index is -4.07. The van der Waals surface area contributed by atoms with Crippen LogP contribution in [0.1, 0.15) is 32.6 Å². The van der Waals surface area contributed by atoms with Crippen molar-refractivity contribution in [1.82, 2.24) is 10.2 Å². The van der Waals surface area contributed by atoms with E-state index in [-0.39, 0.29) is 0 Å². The summed E-state index contributed by atoms with van der Waals surface area (Å²) in [6.45, 7) is 4.17. The molecule has 1 heterocycles. The summed E-state index contributed by atoms with van der Waals surface area (Å²) in [6.07, 6.45) is 0.267. The summed E-state index contributed by atoms with van der Waals surface area (Å²) in [6, 6.07) is 0. The maximum Gasteiger partial charge on any atom is 0.401 e. The highest BCUT2D eigenvalue weighted by molar-refractivity contribution is 4.70. The standard InChI is InChI=1S/C12H23F3N2/c1-2-17(10-12(13,14)15)8-4-6-11-5-3-7-16-9-11/h11,16H,2-10H2,1H3. The van der Waals surface area contributed by atoms with Crippen LogP contribution in [0.3, 0.4) is 0 Å². The molecule has 1 fully saturated rings. The number of nitrogens with zero attached hydrogens (tertiary/aromatic N) is 1. The molecule has 0 radical (unpaired) electrons. The van der Waals surface area contributed by atoms with Crippen LogP contribution in [0.15, 0.2) is 0 Å². The first-order valence-electron chi connectivity index (χ1n) is 6.51. The highest BCUT2D eigenvalue weighted by atomic mass is 19.4. The summed E-state index contributed by atoms with van der Waals surface area (Å²) in [5, 5.41) is 3.33. The van der Waals surface area contributed by atoms with Crippen molar-refractivity contribution >= 4 is 0 Å². The molecular formula is C12H23F3N2. The van der Waals surface area contributed by atoms with Crippen molar-refractivity contribution in [2.24, 2.45) is 5.92 Å². The summed E-state index contributed by atoms with van der Waals surface area (Å²) in [4.78, 5) is 1.48. The van der Waals surface area contributed by atoms with Crippen molar-refractivity contribution in [1.29, 1.82) is 0 Å². The second-order valence-electron chi connectivity index (χ2n) is 4.84. The Kier molecular flexibility index (Phi) is 6.27. The SMILES string of the molecule is CCN(CCCC1CCCNC1)CC(F)(F)F. The Morgan fingerprint density at radius 2 is 2.12 bits per heavy atom. The molecule has 0 spiro atoms. The van der Waals surface area contributed by atoms with Gasteiger partial charge in [-0.15, -0.1) is 0 Å². The molecule has 0 saturated carbocycles. The average Bonchev–Trinajstić information content (AvgIpc) is 2.27. The van der Waals surface area contributed by atoms with Gasteiger partial charge in [-0.3, -0.25) is 4.90 Å². The van der Waals surface area contributed by atoms with E-state index in [0.717, 1.165) is 25.9 Å². The summed E-state index contributed by atoms with van der Waals surface area (Å²) in [5.41, 5.74) is 0. The predicted octanol–water partition coefficient (Wildman–Crippen LogP) is 2.65. The molecule has 17 heavy (non-hydrogen) atoms. The lowest BCUT2D eigenvalue weighted by molar-refractivity contribution is -0.145. The van der Waals surface area contributed by atoms with Gasteiger partial charge in [0.2, 0.25) is 0 Å². The molecular weight excluding hydrogens is 229 g/mol. The van der Waals surface area contributed by atoms with Crippen LogP contribution in [-0.2, 0) is 0 Å². The Balaban J connectivity index is 2.14. The molecule has 0 amide bonds. The zero-order chi connectivity index (χ0) is 12.7. The van der Waals surface area contributed by atoms with Crippen LogP contribution >= 0.6 is 0 Å². The van der Waals surface area contributed by atoms with Gasteiger partial charge >= 0.3 is 6.18 Å². The van der Waals surface area contributed by atoms with Crippen molar-refractivity contribution in [3.05, 3.63) is 0 Å². The number of nitrogens with one attached hydrogen (secondary N) is 1.